The molecule has 4 unspecified atom stereocenters. The summed E-state index contributed by atoms with van der Waals surface area (Å²) in [5.41, 5.74) is 0. The Hall–Kier alpha value is 0.660. The maximum atomic E-state index is 5.65. The van der Waals surface area contributed by atoms with Crippen LogP contribution in [0.1, 0.15) is 67.2 Å². The Morgan fingerprint density at radius 2 is 1.16 bits per heavy atom. The molecule has 0 radical (unpaired) electrons. The Labute approximate surface area is 130 Å². The summed E-state index contributed by atoms with van der Waals surface area (Å²) in [5, 5.41) is 1.37. The first kappa shape index (κ1) is 19.7. The third kappa shape index (κ3) is 10.1. The Morgan fingerprint density at radius 1 is 0.789 bits per heavy atom. The van der Waals surface area contributed by atoms with Crippen molar-refractivity contribution in [3.8, 4) is 0 Å². The molecule has 0 aromatic carbocycles. The van der Waals surface area contributed by atoms with Gasteiger partial charge in [-0.2, -0.15) is 0 Å². The average Bonchev–Trinajstić information content (AvgIpc) is 2.37. The van der Waals surface area contributed by atoms with E-state index >= 15 is 0 Å². The van der Waals surface area contributed by atoms with Gasteiger partial charge in [-0.15, -0.1) is 23.5 Å². The molecule has 0 aromatic heterocycles. The summed E-state index contributed by atoms with van der Waals surface area (Å²) in [5.74, 6) is 1.64. The van der Waals surface area contributed by atoms with Gasteiger partial charge >= 0.3 is 0 Å². The van der Waals surface area contributed by atoms with Crippen LogP contribution in [0.4, 0.5) is 0 Å². The Kier molecular flexibility index (Phi) is 11.7. The van der Waals surface area contributed by atoms with Crippen LogP contribution in [0.15, 0.2) is 0 Å². The van der Waals surface area contributed by atoms with Crippen molar-refractivity contribution < 1.29 is 4.74 Å². The van der Waals surface area contributed by atoms with E-state index in [9.17, 15) is 0 Å². The van der Waals surface area contributed by atoms with Crippen LogP contribution in [-0.4, -0.2) is 22.4 Å². The highest BCUT2D eigenvalue weighted by atomic mass is 32.2. The molecule has 0 aliphatic rings. The van der Waals surface area contributed by atoms with Gasteiger partial charge in [0, 0.05) is 17.6 Å². The molecule has 0 amide bonds. The summed E-state index contributed by atoms with van der Waals surface area (Å²) < 4.78 is 5.94. The number of hydrogen-bond acceptors (Lipinski definition) is 3. The minimum Gasteiger partial charge on any atom is -0.361 e. The van der Waals surface area contributed by atoms with Gasteiger partial charge in [-0.05, 0) is 24.7 Å². The first-order valence-electron chi connectivity index (χ1n) is 7.76. The molecule has 0 heterocycles. The second-order valence-electron chi connectivity index (χ2n) is 5.92. The smallest absolute Gasteiger partial charge is 0.149 e. The molecule has 0 fully saturated rings. The zero-order valence-corrected chi connectivity index (χ0v) is 15.6. The first-order chi connectivity index (χ1) is 8.92. The zero-order valence-electron chi connectivity index (χ0n) is 13.9. The lowest BCUT2D eigenvalue weighted by atomic mass is 10.0. The number of hydrogen-bond donors (Lipinski definition) is 0. The molecule has 0 spiro atoms. The van der Waals surface area contributed by atoms with Gasteiger partial charge in [0.1, 0.15) is 4.77 Å². The van der Waals surface area contributed by atoms with Gasteiger partial charge in [0.15, 0.2) is 0 Å². The lowest BCUT2D eigenvalue weighted by Crippen LogP contribution is -2.14. The molecule has 0 saturated carbocycles. The van der Waals surface area contributed by atoms with E-state index < -0.39 is 0 Å². The Morgan fingerprint density at radius 3 is 1.42 bits per heavy atom. The molecule has 3 heteroatoms. The fourth-order valence-electron chi connectivity index (χ4n) is 2.10. The summed E-state index contributed by atoms with van der Waals surface area (Å²) in [7, 11) is 1.84. The number of ether oxygens (including phenoxy) is 1. The molecule has 0 aliphatic carbocycles. The standard InChI is InChI=1S/C16H34OS2/c1-8-12(3)10-14(5)18-16(17-7)19-15(6)11-13(4)9-2/h12-16H,8-11H2,1-7H3. The predicted molar refractivity (Wildman–Crippen MR) is 93.0 cm³/mol. The third-order valence-corrected chi connectivity index (χ3v) is 6.55. The van der Waals surface area contributed by atoms with E-state index in [0.717, 1.165) is 11.8 Å². The van der Waals surface area contributed by atoms with Crippen LogP contribution in [-0.2, 0) is 4.74 Å². The van der Waals surface area contributed by atoms with Gasteiger partial charge in [0.25, 0.3) is 0 Å². The maximum Gasteiger partial charge on any atom is 0.149 e. The van der Waals surface area contributed by atoms with Crippen LogP contribution in [0.3, 0.4) is 0 Å². The monoisotopic (exact) mass is 306 g/mol. The van der Waals surface area contributed by atoms with E-state index in [1.54, 1.807) is 0 Å². The summed E-state index contributed by atoms with van der Waals surface area (Å²) in [6, 6.07) is 0. The van der Waals surface area contributed by atoms with E-state index in [1.165, 1.54) is 25.7 Å². The molecule has 0 N–H and O–H groups in total. The van der Waals surface area contributed by atoms with E-state index in [-0.39, 0.29) is 4.77 Å². The van der Waals surface area contributed by atoms with Crippen molar-refractivity contribution in [1.82, 2.24) is 0 Å². The fraction of sp³-hybridized carbons (Fsp3) is 1.00. The van der Waals surface area contributed by atoms with E-state index in [0.29, 0.717) is 10.5 Å². The minimum atomic E-state index is 0.290. The van der Waals surface area contributed by atoms with Crippen LogP contribution < -0.4 is 0 Å². The number of thioether (sulfide) groups is 2. The third-order valence-electron chi connectivity index (χ3n) is 3.74. The molecule has 0 bridgehead atoms. The Bertz CT molecular complexity index is 191. The molecule has 0 aromatic rings. The lowest BCUT2D eigenvalue weighted by Gasteiger charge is -2.24. The molecule has 116 valence electrons. The molecular formula is C16H34OS2. The normalized spacial score (nSPS) is 19.7. The fourth-order valence-corrected chi connectivity index (χ4v) is 5.36. The van der Waals surface area contributed by atoms with Crippen LogP contribution in [0.2, 0.25) is 0 Å². The summed E-state index contributed by atoms with van der Waals surface area (Å²) >= 11 is 3.98. The van der Waals surface area contributed by atoms with Crippen molar-refractivity contribution in [2.24, 2.45) is 11.8 Å². The van der Waals surface area contributed by atoms with Crippen LogP contribution in [0.25, 0.3) is 0 Å². The zero-order chi connectivity index (χ0) is 14.8. The van der Waals surface area contributed by atoms with E-state index in [2.05, 4.69) is 41.5 Å². The second-order valence-corrected chi connectivity index (χ2v) is 9.22. The minimum absolute atomic E-state index is 0.290. The van der Waals surface area contributed by atoms with Crippen LogP contribution >= 0.6 is 23.5 Å². The van der Waals surface area contributed by atoms with Gasteiger partial charge in [-0.3, -0.25) is 0 Å². The van der Waals surface area contributed by atoms with Crippen molar-refractivity contribution >= 4 is 23.5 Å². The number of methoxy groups -OCH3 is 1. The summed E-state index contributed by atoms with van der Waals surface area (Å²) in [4.78, 5) is 0. The highest BCUT2D eigenvalue weighted by molar-refractivity contribution is 8.17. The average molecular weight is 307 g/mol. The van der Waals surface area contributed by atoms with Crippen molar-refractivity contribution in [2.45, 2.75) is 82.5 Å². The van der Waals surface area contributed by atoms with Gasteiger partial charge in [-0.25, -0.2) is 0 Å². The van der Waals surface area contributed by atoms with Gasteiger partial charge in [0.2, 0.25) is 0 Å². The second kappa shape index (κ2) is 11.3. The molecule has 0 aliphatic heterocycles. The van der Waals surface area contributed by atoms with E-state index in [1.807, 2.05) is 30.6 Å². The van der Waals surface area contributed by atoms with Crippen molar-refractivity contribution in [1.29, 1.82) is 0 Å². The van der Waals surface area contributed by atoms with Crippen molar-refractivity contribution in [3.63, 3.8) is 0 Å². The van der Waals surface area contributed by atoms with Crippen LogP contribution in [0, 0.1) is 11.8 Å². The maximum absolute atomic E-state index is 5.65. The van der Waals surface area contributed by atoms with Gasteiger partial charge < -0.3 is 4.74 Å². The molecule has 19 heavy (non-hydrogen) atoms. The quantitative estimate of drug-likeness (QED) is 0.431. The van der Waals surface area contributed by atoms with Crippen molar-refractivity contribution in [2.75, 3.05) is 7.11 Å². The molecule has 0 rings (SSSR count). The number of rotatable bonds is 11. The molecule has 0 saturated heterocycles. The molecule has 4 atom stereocenters. The highest BCUT2D eigenvalue weighted by Crippen LogP contribution is 2.35. The Balaban J connectivity index is 4.05. The largest absolute Gasteiger partial charge is 0.361 e. The summed E-state index contributed by atoms with van der Waals surface area (Å²) in [6.07, 6.45) is 5.14. The predicted octanol–water partition coefficient (Wildman–Crippen LogP) is 6.03. The van der Waals surface area contributed by atoms with E-state index in [4.69, 9.17) is 4.74 Å². The lowest BCUT2D eigenvalue weighted by molar-refractivity contribution is 0.233. The first-order valence-corrected chi connectivity index (χ1v) is 9.65. The molecule has 1 nitrogen and oxygen atoms in total. The SMILES string of the molecule is CCC(C)CC(C)SC(OC)SC(C)CC(C)CC. The van der Waals surface area contributed by atoms with Crippen LogP contribution in [0.5, 0.6) is 0 Å². The van der Waals surface area contributed by atoms with Gasteiger partial charge in [0.05, 0.1) is 0 Å². The van der Waals surface area contributed by atoms with Crippen molar-refractivity contribution in [3.05, 3.63) is 0 Å². The topological polar surface area (TPSA) is 9.23 Å². The summed E-state index contributed by atoms with van der Waals surface area (Å²) in [6.45, 7) is 13.9. The highest BCUT2D eigenvalue weighted by Gasteiger charge is 2.19. The van der Waals surface area contributed by atoms with Gasteiger partial charge in [-0.1, -0.05) is 54.4 Å². The molecular weight excluding hydrogens is 272 g/mol.